The second-order valence-corrected chi connectivity index (χ2v) is 7.58. The highest BCUT2D eigenvalue weighted by Crippen LogP contribution is 2.40. The standard InChI is InChI=1S/C22H24N2O3/c1-13-17(11-12-24-15(3)14(2)23-21(13)24)18(25)20-19(26-22(4,5)27-20)16-9-7-6-8-10-16/h6-12,19-20H,1-5H3/t19-,20?/m0/s1. The molecule has 1 aromatic carbocycles. The van der Waals surface area contributed by atoms with Crippen LogP contribution in [-0.4, -0.2) is 27.1 Å². The molecule has 3 aromatic rings. The van der Waals surface area contributed by atoms with Gasteiger partial charge in [0.05, 0.1) is 5.69 Å². The van der Waals surface area contributed by atoms with Crippen LogP contribution in [0, 0.1) is 20.8 Å². The first-order chi connectivity index (χ1) is 12.8. The fourth-order valence-corrected chi connectivity index (χ4v) is 3.73. The maximum Gasteiger partial charge on any atom is 0.195 e. The van der Waals surface area contributed by atoms with Gasteiger partial charge in [0.15, 0.2) is 17.7 Å². The van der Waals surface area contributed by atoms with E-state index in [1.165, 1.54) is 0 Å². The average Bonchev–Trinajstić information content (AvgIpc) is 3.13. The Hall–Kier alpha value is -2.50. The first-order valence-corrected chi connectivity index (χ1v) is 9.18. The van der Waals surface area contributed by atoms with Crippen LogP contribution >= 0.6 is 0 Å². The van der Waals surface area contributed by atoms with E-state index in [1.807, 2.05) is 81.6 Å². The van der Waals surface area contributed by atoms with Gasteiger partial charge in [-0.05, 0) is 46.2 Å². The largest absolute Gasteiger partial charge is 0.339 e. The molecular weight excluding hydrogens is 340 g/mol. The number of ether oxygens (including phenoxy) is 2. The van der Waals surface area contributed by atoms with Crippen molar-refractivity contribution in [2.24, 2.45) is 0 Å². The molecule has 0 N–H and O–H groups in total. The second-order valence-electron chi connectivity index (χ2n) is 7.58. The molecule has 0 spiro atoms. The molecule has 0 amide bonds. The SMILES string of the molecule is Cc1nc2c(C)c(C(=O)C3OC(C)(C)O[C@H]3c3ccccc3)ccn2c1C. The smallest absolute Gasteiger partial charge is 0.195 e. The number of nitrogens with zero attached hydrogens (tertiary/aromatic N) is 2. The molecule has 1 unspecified atom stereocenters. The number of ketones is 1. The number of rotatable bonds is 3. The van der Waals surface area contributed by atoms with E-state index >= 15 is 0 Å². The van der Waals surface area contributed by atoms with E-state index in [2.05, 4.69) is 4.98 Å². The van der Waals surface area contributed by atoms with Gasteiger partial charge in [-0.3, -0.25) is 4.79 Å². The summed E-state index contributed by atoms with van der Waals surface area (Å²) in [6, 6.07) is 11.6. The normalized spacial score (nSPS) is 21.7. The minimum Gasteiger partial charge on any atom is -0.339 e. The van der Waals surface area contributed by atoms with Crippen molar-refractivity contribution in [3.05, 3.63) is 70.7 Å². The molecule has 0 bridgehead atoms. The van der Waals surface area contributed by atoms with Crippen LogP contribution < -0.4 is 0 Å². The van der Waals surface area contributed by atoms with Gasteiger partial charge in [-0.25, -0.2) is 4.98 Å². The van der Waals surface area contributed by atoms with E-state index < -0.39 is 18.0 Å². The lowest BCUT2D eigenvalue weighted by Gasteiger charge is -2.17. The summed E-state index contributed by atoms with van der Waals surface area (Å²) >= 11 is 0. The van der Waals surface area contributed by atoms with E-state index in [4.69, 9.17) is 9.47 Å². The molecule has 2 atom stereocenters. The first-order valence-electron chi connectivity index (χ1n) is 9.18. The van der Waals surface area contributed by atoms with Gasteiger partial charge in [0.1, 0.15) is 11.8 Å². The van der Waals surface area contributed by atoms with Gasteiger partial charge >= 0.3 is 0 Å². The van der Waals surface area contributed by atoms with Crippen LogP contribution in [-0.2, 0) is 9.47 Å². The van der Waals surface area contributed by atoms with Crippen molar-refractivity contribution in [1.29, 1.82) is 0 Å². The fourth-order valence-electron chi connectivity index (χ4n) is 3.73. The molecule has 0 radical (unpaired) electrons. The number of carbonyl (C=O) groups excluding carboxylic acids is 1. The molecule has 5 nitrogen and oxygen atoms in total. The third kappa shape index (κ3) is 2.97. The third-order valence-corrected chi connectivity index (χ3v) is 5.26. The number of benzene rings is 1. The Bertz CT molecular complexity index is 1020. The van der Waals surface area contributed by atoms with E-state index in [0.29, 0.717) is 5.56 Å². The van der Waals surface area contributed by atoms with Crippen molar-refractivity contribution in [1.82, 2.24) is 9.38 Å². The zero-order chi connectivity index (χ0) is 19.3. The van der Waals surface area contributed by atoms with E-state index in [9.17, 15) is 4.79 Å². The summed E-state index contributed by atoms with van der Waals surface area (Å²) in [4.78, 5) is 18.1. The number of hydrogen-bond donors (Lipinski definition) is 0. The van der Waals surface area contributed by atoms with Crippen LogP contribution in [0.15, 0.2) is 42.6 Å². The molecule has 1 saturated heterocycles. The van der Waals surface area contributed by atoms with Crippen LogP contribution in [0.3, 0.4) is 0 Å². The fraction of sp³-hybridized carbons (Fsp3) is 0.364. The van der Waals surface area contributed by atoms with Gasteiger partial charge in [0, 0.05) is 23.0 Å². The summed E-state index contributed by atoms with van der Waals surface area (Å²) in [5, 5.41) is 0. The Kier molecular flexibility index (Phi) is 4.17. The zero-order valence-corrected chi connectivity index (χ0v) is 16.3. The quantitative estimate of drug-likeness (QED) is 0.649. The molecule has 2 aromatic heterocycles. The van der Waals surface area contributed by atoms with Gasteiger partial charge < -0.3 is 13.9 Å². The van der Waals surface area contributed by atoms with Crippen molar-refractivity contribution in [2.45, 2.75) is 52.6 Å². The Balaban J connectivity index is 1.77. The number of pyridine rings is 1. The first kappa shape index (κ1) is 17.9. The number of aryl methyl sites for hydroxylation is 3. The van der Waals surface area contributed by atoms with Crippen molar-refractivity contribution < 1.29 is 14.3 Å². The van der Waals surface area contributed by atoms with Gasteiger partial charge in [0.2, 0.25) is 0 Å². The predicted molar refractivity (Wildman–Crippen MR) is 103 cm³/mol. The predicted octanol–water partition coefficient (Wildman–Crippen LogP) is 4.34. The zero-order valence-electron chi connectivity index (χ0n) is 16.3. The number of hydrogen-bond acceptors (Lipinski definition) is 4. The third-order valence-electron chi connectivity index (χ3n) is 5.26. The van der Waals surface area contributed by atoms with Crippen LogP contribution in [0.25, 0.3) is 5.65 Å². The number of fused-ring (bicyclic) bond motifs is 1. The maximum atomic E-state index is 13.4. The van der Waals surface area contributed by atoms with Gasteiger partial charge in [-0.15, -0.1) is 0 Å². The Morgan fingerprint density at radius 2 is 1.78 bits per heavy atom. The number of Topliss-reactive ketones (excluding diaryl/α,β-unsaturated/α-hetero) is 1. The van der Waals surface area contributed by atoms with Crippen molar-refractivity contribution >= 4 is 11.4 Å². The molecule has 1 fully saturated rings. The molecule has 0 aliphatic carbocycles. The van der Waals surface area contributed by atoms with Crippen LogP contribution in [0.2, 0.25) is 0 Å². The van der Waals surface area contributed by atoms with Crippen molar-refractivity contribution in [3.8, 4) is 0 Å². The lowest BCUT2D eigenvalue weighted by atomic mass is 9.95. The lowest BCUT2D eigenvalue weighted by molar-refractivity contribution is -0.143. The molecule has 5 heteroatoms. The summed E-state index contributed by atoms with van der Waals surface area (Å²) in [5.74, 6) is -0.896. The minimum atomic E-state index is -0.820. The van der Waals surface area contributed by atoms with Crippen LogP contribution in [0.4, 0.5) is 0 Å². The molecule has 1 aliphatic heterocycles. The van der Waals surface area contributed by atoms with E-state index in [0.717, 1.165) is 28.2 Å². The molecule has 27 heavy (non-hydrogen) atoms. The maximum absolute atomic E-state index is 13.4. The van der Waals surface area contributed by atoms with Crippen LogP contribution in [0.5, 0.6) is 0 Å². The lowest BCUT2D eigenvalue weighted by Crippen LogP contribution is -2.28. The number of carbonyl (C=O) groups is 1. The topological polar surface area (TPSA) is 52.8 Å². The molecule has 0 saturated carbocycles. The van der Waals surface area contributed by atoms with Gasteiger partial charge in [-0.1, -0.05) is 30.3 Å². The van der Waals surface area contributed by atoms with Crippen molar-refractivity contribution in [3.63, 3.8) is 0 Å². The molecule has 3 heterocycles. The summed E-state index contributed by atoms with van der Waals surface area (Å²) in [6.45, 7) is 9.62. The molecule has 4 rings (SSSR count). The van der Waals surface area contributed by atoms with E-state index in [1.54, 1.807) is 0 Å². The monoisotopic (exact) mass is 364 g/mol. The van der Waals surface area contributed by atoms with Gasteiger partial charge in [0.25, 0.3) is 0 Å². The van der Waals surface area contributed by atoms with Crippen molar-refractivity contribution in [2.75, 3.05) is 0 Å². The Morgan fingerprint density at radius 3 is 2.48 bits per heavy atom. The highest BCUT2D eigenvalue weighted by molar-refractivity contribution is 6.02. The Morgan fingerprint density at radius 1 is 1.07 bits per heavy atom. The minimum absolute atomic E-state index is 0.0762. The van der Waals surface area contributed by atoms with E-state index in [-0.39, 0.29) is 5.78 Å². The molecule has 140 valence electrons. The highest BCUT2D eigenvalue weighted by atomic mass is 16.8. The highest BCUT2D eigenvalue weighted by Gasteiger charge is 2.46. The average molecular weight is 364 g/mol. The van der Waals surface area contributed by atoms with Crippen LogP contribution in [0.1, 0.15) is 52.8 Å². The Labute approximate surface area is 158 Å². The molecular formula is C22H24N2O3. The summed E-state index contributed by atoms with van der Waals surface area (Å²) in [7, 11) is 0. The van der Waals surface area contributed by atoms with Gasteiger partial charge in [-0.2, -0.15) is 0 Å². The summed E-state index contributed by atoms with van der Waals surface area (Å²) in [5.41, 5.74) is 5.28. The second kappa shape index (κ2) is 6.29. The summed E-state index contributed by atoms with van der Waals surface area (Å²) in [6.07, 6.45) is 0.775. The number of aromatic nitrogens is 2. The summed E-state index contributed by atoms with van der Waals surface area (Å²) < 4.78 is 14.1. The number of imidazole rings is 1. The molecule has 1 aliphatic rings.